The molecular weight excluding hydrogens is 321 g/mol. The van der Waals surface area contributed by atoms with Crippen LogP contribution in [0.5, 0.6) is 5.75 Å². The molecule has 6 heteroatoms. The minimum absolute atomic E-state index is 0.156. The molecule has 0 radical (unpaired) electrons. The number of hydrogen-bond donors (Lipinski definition) is 2. The monoisotopic (exact) mass is 339 g/mol. The summed E-state index contributed by atoms with van der Waals surface area (Å²) in [6.45, 7) is 2.25. The molecule has 0 saturated heterocycles. The van der Waals surface area contributed by atoms with E-state index in [0.29, 0.717) is 0 Å². The summed E-state index contributed by atoms with van der Waals surface area (Å²) in [5, 5.41) is 3.73. The molecule has 3 aromatic rings. The van der Waals surface area contributed by atoms with Gasteiger partial charge in [0.05, 0.1) is 7.11 Å². The second kappa shape index (κ2) is 7.17. The Morgan fingerprint density at radius 1 is 1.40 bits per heavy atom. The molecule has 0 bridgehead atoms. The Balaban J connectivity index is 1.65. The zero-order valence-electron chi connectivity index (χ0n) is 14.0. The number of ether oxygens (including phenoxy) is 1. The van der Waals surface area contributed by atoms with E-state index in [9.17, 15) is 9.18 Å². The number of halogens is 1. The number of fused-ring (bicyclic) bond motifs is 1. The van der Waals surface area contributed by atoms with Gasteiger partial charge in [-0.25, -0.2) is 9.37 Å². The number of carbonyl (C=O) groups is 1. The van der Waals surface area contributed by atoms with E-state index in [4.69, 9.17) is 4.74 Å². The molecule has 0 atom stereocenters. The molecule has 1 aromatic carbocycles. The molecule has 25 heavy (non-hydrogen) atoms. The van der Waals surface area contributed by atoms with Crippen molar-refractivity contribution in [1.82, 2.24) is 15.3 Å². The van der Waals surface area contributed by atoms with Crippen LogP contribution in [0.2, 0.25) is 0 Å². The number of nitrogens with one attached hydrogen (secondary N) is 2. The number of rotatable bonds is 5. The number of H-pyrrole nitrogens is 1. The van der Waals surface area contributed by atoms with Gasteiger partial charge in [0.15, 0.2) is 11.6 Å². The van der Waals surface area contributed by atoms with E-state index in [1.807, 2.05) is 19.2 Å². The molecular formula is C19H18FN3O2. The van der Waals surface area contributed by atoms with Gasteiger partial charge in [0, 0.05) is 36.0 Å². The zero-order valence-corrected chi connectivity index (χ0v) is 14.0. The van der Waals surface area contributed by atoms with Crippen LogP contribution in [0.25, 0.3) is 17.1 Å². The summed E-state index contributed by atoms with van der Waals surface area (Å²) in [6.07, 6.45) is 6.80. The van der Waals surface area contributed by atoms with Gasteiger partial charge in [-0.2, -0.15) is 0 Å². The highest BCUT2D eigenvalue weighted by Gasteiger charge is 2.05. The maximum absolute atomic E-state index is 13.4. The Labute approximate surface area is 144 Å². The molecule has 2 aromatic heterocycles. The van der Waals surface area contributed by atoms with E-state index >= 15 is 0 Å². The predicted molar refractivity (Wildman–Crippen MR) is 94.7 cm³/mol. The summed E-state index contributed by atoms with van der Waals surface area (Å²) in [7, 11) is 1.40. The molecule has 0 aliphatic rings. The molecule has 0 saturated carbocycles. The average molecular weight is 339 g/mol. The fraction of sp³-hybridized carbons (Fsp3) is 0.158. The molecule has 0 aliphatic carbocycles. The number of benzene rings is 1. The number of methoxy groups -OCH3 is 1. The van der Waals surface area contributed by atoms with Gasteiger partial charge in [-0.1, -0.05) is 6.07 Å². The third-order valence-electron chi connectivity index (χ3n) is 3.80. The van der Waals surface area contributed by atoms with Crippen molar-refractivity contribution in [2.24, 2.45) is 0 Å². The van der Waals surface area contributed by atoms with Gasteiger partial charge in [0.25, 0.3) is 0 Å². The summed E-state index contributed by atoms with van der Waals surface area (Å²) < 4.78 is 18.3. The lowest BCUT2D eigenvalue weighted by molar-refractivity contribution is -0.116. The first-order valence-corrected chi connectivity index (χ1v) is 7.79. The molecule has 128 valence electrons. The van der Waals surface area contributed by atoms with E-state index in [0.717, 1.165) is 27.7 Å². The molecule has 0 spiro atoms. The average Bonchev–Trinajstić information content (AvgIpc) is 3.01. The van der Waals surface area contributed by atoms with Crippen molar-refractivity contribution in [3.05, 3.63) is 65.2 Å². The summed E-state index contributed by atoms with van der Waals surface area (Å²) >= 11 is 0. The molecule has 0 unspecified atom stereocenters. The van der Waals surface area contributed by atoms with Crippen LogP contribution >= 0.6 is 0 Å². The Kier molecular flexibility index (Phi) is 4.79. The van der Waals surface area contributed by atoms with Crippen molar-refractivity contribution < 1.29 is 13.9 Å². The van der Waals surface area contributed by atoms with Crippen LogP contribution in [0.3, 0.4) is 0 Å². The molecule has 0 fully saturated rings. The fourth-order valence-corrected chi connectivity index (χ4v) is 2.49. The smallest absolute Gasteiger partial charge is 0.244 e. The standard InChI is InChI=1S/C19H18FN3O2/c1-12-7-15-14(11-23-19(15)22-9-12)4-6-18(24)21-10-13-3-5-16(20)17(8-13)25-2/h3-9,11H,10H2,1-2H3,(H,21,24)(H,22,23)/b6-4+. The lowest BCUT2D eigenvalue weighted by atomic mass is 10.1. The molecule has 3 rings (SSSR count). The lowest BCUT2D eigenvalue weighted by Gasteiger charge is -2.06. The predicted octanol–water partition coefficient (Wildman–Crippen LogP) is 3.35. The van der Waals surface area contributed by atoms with Gasteiger partial charge in [-0.15, -0.1) is 0 Å². The number of carbonyl (C=O) groups excluding carboxylic acids is 1. The number of aromatic nitrogens is 2. The minimum Gasteiger partial charge on any atom is -0.494 e. The number of aromatic amines is 1. The van der Waals surface area contributed by atoms with E-state index in [1.165, 1.54) is 19.3 Å². The van der Waals surface area contributed by atoms with Gasteiger partial charge in [-0.3, -0.25) is 4.79 Å². The third kappa shape index (κ3) is 3.85. The van der Waals surface area contributed by atoms with Crippen molar-refractivity contribution in [2.45, 2.75) is 13.5 Å². The van der Waals surface area contributed by atoms with Crippen LogP contribution in [0.1, 0.15) is 16.7 Å². The largest absolute Gasteiger partial charge is 0.494 e. The third-order valence-corrected chi connectivity index (χ3v) is 3.80. The molecule has 5 nitrogen and oxygen atoms in total. The first-order valence-electron chi connectivity index (χ1n) is 7.79. The van der Waals surface area contributed by atoms with Crippen LogP contribution in [0.15, 0.2) is 42.7 Å². The Bertz CT molecular complexity index is 947. The summed E-state index contributed by atoms with van der Waals surface area (Å²) in [6, 6.07) is 6.50. The number of nitrogens with zero attached hydrogens (tertiary/aromatic N) is 1. The summed E-state index contributed by atoms with van der Waals surface area (Å²) in [5.74, 6) is -0.511. The van der Waals surface area contributed by atoms with Crippen LogP contribution in [-0.2, 0) is 11.3 Å². The van der Waals surface area contributed by atoms with E-state index in [-0.39, 0.29) is 18.2 Å². The Hall–Kier alpha value is -3.15. The van der Waals surface area contributed by atoms with Crippen molar-refractivity contribution in [3.8, 4) is 5.75 Å². The highest BCUT2D eigenvalue weighted by atomic mass is 19.1. The minimum atomic E-state index is -0.430. The highest BCUT2D eigenvalue weighted by molar-refractivity contribution is 5.95. The molecule has 2 heterocycles. The van der Waals surface area contributed by atoms with Gasteiger partial charge in [0.1, 0.15) is 5.65 Å². The van der Waals surface area contributed by atoms with Crippen LogP contribution in [-0.4, -0.2) is 23.0 Å². The topological polar surface area (TPSA) is 67.0 Å². The van der Waals surface area contributed by atoms with E-state index in [2.05, 4.69) is 15.3 Å². The number of amides is 1. The van der Waals surface area contributed by atoms with E-state index < -0.39 is 5.82 Å². The summed E-state index contributed by atoms with van der Waals surface area (Å²) in [5.41, 5.74) is 3.48. The molecule has 2 N–H and O–H groups in total. The number of aryl methyl sites for hydroxylation is 1. The van der Waals surface area contributed by atoms with Crippen molar-refractivity contribution >= 4 is 23.0 Å². The SMILES string of the molecule is COc1cc(CNC(=O)/C=C/c2c[nH]c3ncc(C)cc23)ccc1F. The van der Waals surface area contributed by atoms with Gasteiger partial charge < -0.3 is 15.0 Å². The number of hydrogen-bond acceptors (Lipinski definition) is 3. The molecule has 0 aliphatic heterocycles. The van der Waals surface area contributed by atoms with Crippen LogP contribution < -0.4 is 10.1 Å². The quantitative estimate of drug-likeness (QED) is 0.701. The van der Waals surface area contributed by atoms with Crippen LogP contribution in [0, 0.1) is 12.7 Å². The first kappa shape index (κ1) is 16.7. The Morgan fingerprint density at radius 2 is 2.24 bits per heavy atom. The maximum atomic E-state index is 13.4. The van der Waals surface area contributed by atoms with E-state index in [1.54, 1.807) is 24.4 Å². The van der Waals surface area contributed by atoms with Gasteiger partial charge in [-0.05, 0) is 42.3 Å². The lowest BCUT2D eigenvalue weighted by Crippen LogP contribution is -2.20. The Morgan fingerprint density at radius 3 is 3.04 bits per heavy atom. The second-order valence-electron chi connectivity index (χ2n) is 5.67. The van der Waals surface area contributed by atoms with Crippen molar-refractivity contribution in [3.63, 3.8) is 0 Å². The van der Waals surface area contributed by atoms with Crippen LogP contribution in [0.4, 0.5) is 4.39 Å². The molecule has 1 amide bonds. The highest BCUT2D eigenvalue weighted by Crippen LogP contribution is 2.19. The van der Waals surface area contributed by atoms with Crippen molar-refractivity contribution in [2.75, 3.05) is 7.11 Å². The van der Waals surface area contributed by atoms with Crippen molar-refractivity contribution in [1.29, 1.82) is 0 Å². The maximum Gasteiger partial charge on any atom is 0.244 e. The summed E-state index contributed by atoms with van der Waals surface area (Å²) in [4.78, 5) is 19.4. The number of pyridine rings is 1. The first-order chi connectivity index (χ1) is 12.1. The van der Waals surface area contributed by atoms with Gasteiger partial charge >= 0.3 is 0 Å². The second-order valence-corrected chi connectivity index (χ2v) is 5.67. The fourth-order valence-electron chi connectivity index (χ4n) is 2.49. The normalized spacial score (nSPS) is 11.2. The zero-order chi connectivity index (χ0) is 17.8. The van der Waals surface area contributed by atoms with Gasteiger partial charge in [0.2, 0.25) is 5.91 Å².